The highest BCUT2D eigenvalue weighted by atomic mass is 19.1. The lowest BCUT2D eigenvalue weighted by atomic mass is 9.84. The molecule has 1 aromatic rings. The Kier molecular flexibility index (Phi) is 6.89. The zero-order valence-corrected chi connectivity index (χ0v) is 20.3. The van der Waals surface area contributed by atoms with Gasteiger partial charge in [0.25, 0.3) is 0 Å². The molecule has 3 saturated heterocycles. The van der Waals surface area contributed by atoms with E-state index < -0.39 is 5.54 Å². The molecule has 1 saturated carbocycles. The first-order chi connectivity index (χ1) is 16.4. The summed E-state index contributed by atoms with van der Waals surface area (Å²) >= 11 is 0. The molecule has 2 amide bonds. The third-order valence-corrected chi connectivity index (χ3v) is 8.66. The molecule has 5 rings (SSSR count). The van der Waals surface area contributed by atoms with Gasteiger partial charge >= 0.3 is 0 Å². The van der Waals surface area contributed by atoms with Crippen LogP contribution < -0.4 is 5.32 Å². The highest BCUT2D eigenvalue weighted by Gasteiger charge is 2.49. The van der Waals surface area contributed by atoms with Crippen LogP contribution in [0, 0.1) is 11.7 Å². The molecule has 8 heteroatoms. The fourth-order valence-electron chi connectivity index (χ4n) is 6.60. The smallest absolute Gasteiger partial charge is 0.243 e. The molecule has 1 aromatic heterocycles. The maximum Gasteiger partial charge on any atom is 0.243 e. The Morgan fingerprint density at radius 1 is 1.18 bits per heavy atom. The molecule has 1 spiro atoms. The summed E-state index contributed by atoms with van der Waals surface area (Å²) in [7, 11) is 2.17. The van der Waals surface area contributed by atoms with Gasteiger partial charge in [-0.2, -0.15) is 0 Å². The Balaban J connectivity index is 1.17. The van der Waals surface area contributed by atoms with Gasteiger partial charge in [0.05, 0.1) is 18.2 Å². The van der Waals surface area contributed by atoms with Gasteiger partial charge in [0.2, 0.25) is 11.8 Å². The van der Waals surface area contributed by atoms with Gasteiger partial charge in [-0.15, -0.1) is 0 Å². The average Bonchev–Trinajstić information content (AvgIpc) is 3.24. The van der Waals surface area contributed by atoms with E-state index in [4.69, 9.17) is 0 Å². The number of amides is 2. The van der Waals surface area contributed by atoms with Gasteiger partial charge in [0.1, 0.15) is 11.9 Å². The number of likely N-dealkylation sites (tertiary alicyclic amines) is 1. The van der Waals surface area contributed by atoms with Crippen molar-refractivity contribution in [1.82, 2.24) is 25.0 Å². The van der Waals surface area contributed by atoms with E-state index in [1.54, 1.807) is 6.20 Å². The number of nitrogens with one attached hydrogen (secondary N) is 1. The predicted molar refractivity (Wildman–Crippen MR) is 127 cm³/mol. The highest BCUT2D eigenvalue weighted by Crippen LogP contribution is 2.34. The number of aromatic nitrogens is 1. The van der Waals surface area contributed by atoms with Crippen molar-refractivity contribution in [2.24, 2.45) is 5.92 Å². The van der Waals surface area contributed by atoms with Crippen molar-refractivity contribution < 1.29 is 14.0 Å². The van der Waals surface area contributed by atoms with Crippen LogP contribution >= 0.6 is 0 Å². The van der Waals surface area contributed by atoms with Crippen LogP contribution in [0.15, 0.2) is 18.5 Å². The molecule has 4 fully saturated rings. The molecule has 0 radical (unpaired) electrons. The van der Waals surface area contributed by atoms with Crippen LogP contribution in [-0.4, -0.2) is 82.3 Å². The second-order valence-electron chi connectivity index (χ2n) is 11.1. The van der Waals surface area contributed by atoms with E-state index in [0.29, 0.717) is 19.5 Å². The number of piperidine rings is 1. The first kappa shape index (κ1) is 23.7. The molecular formula is C26H38FN5O2. The number of halogens is 1. The Morgan fingerprint density at radius 3 is 2.68 bits per heavy atom. The summed E-state index contributed by atoms with van der Waals surface area (Å²) in [6.45, 7) is 3.89. The fourth-order valence-corrected chi connectivity index (χ4v) is 6.60. The molecular weight excluding hydrogens is 433 g/mol. The van der Waals surface area contributed by atoms with Crippen molar-refractivity contribution in [2.75, 3.05) is 33.2 Å². The average molecular weight is 472 g/mol. The van der Waals surface area contributed by atoms with Crippen molar-refractivity contribution in [3.8, 4) is 0 Å². The number of carbonyl (C=O) groups excluding carboxylic acids is 2. The molecule has 0 unspecified atom stereocenters. The molecule has 186 valence electrons. The van der Waals surface area contributed by atoms with Crippen molar-refractivity contribution in [2.45, 2.75) is 82.0 Å². The zero-order valence-electron chi connectivity index (χ0n) is 20.3. The summed E-state index contributed by atoms with van der Waals surface area (Å²) in [5.41, 5.74) is 0.388. The minimum Gasteiger partial charge on any atom is -0.348 e. The molecule has 4 heterocycles. The third kappa shape index (κ3) is 5.13. The molecule has 4 aliphatic rings. The summed E-state index contributed by atoms with van der Waals surface area (Å²) in [4.78, 5) is 37.1. The zero-order chi connectivity index (χ0) is 23.7. The summed E-state index contributed by atoms with van der Waals surface area (Å²) in [5.74, 6) is 0.554. The maximum atomic E-state index is 13.5. The van der Waals surface area contributed by atoms with Gasteiger partial charge in [-0.25, -0.2) is 4.39 Å². The number of likely N-dealkylation sites (N-methyl/N-ethyl adjacent to an activating group) is 1. The Hall–Kier alpha value is -2.06. The van der Waals surface area contributed by atoms with E-state index >= 15 is 0 Å². The summed E-state index contributed by atoms with van der Waals surface area (Å²) in [6, 6.07) is 1.43. The van der Waals surface area contributed by atoms with E-state index in [9.17, 15) is 14.0 Å². The highest BCUT2D eigenvalue weighted by molar-refractivity contribution is 5.92. The first-order valence-corrected chi connectivity index (χ1v) is 13.0. The molecule has 0 aromatic carbocycles. The minimum absolute atomic E-state index is 0.0159. The largest absolute Gasteiger partial charge is 0.348 e. The molecule has 0 bridgehead atoms. The van der Waals surface area contributed by atoms with E-state index in [0.717, 1.165) is 50.4 Å². The minimum atomic E-state index is -0.460. The molecule has 3 aliphatic heterocycles. The van der Waals surface area contributed by atoms with E-state index in [1.165, 1.54) is 44.4 Å². The number of fused-ring (bicyclic) bond motifs is 1. The van der Waals surface area contributed by atoms with Crippen LogP contribution in [0.25, 0.3) is 0 Å². The second-order valence-corrected chi connectivity index (χ2v) is 11.1. The number of pyridine rings is 1. The first-order valence-electron chi connectivity index (χ1n) is 13.0. The van der Waals surface area contributed by atoms with E-state index in [1.807, 2.05) is 4.90 Å². The lowest BCUT2D eigenvalue weighted by molar-refractivity contribution is -0.135. The third-order valence-electron chi connectivity index (χ3n) is 8.66. The van der Waals surface area contributed by atoms with E-state index in [-0.39, 0.29) is 29.7 Å². The Morgan fingerprint density at radius 2 is 1.94 bits per heavy atom. The number of carbonyl (C=O) groups is 2. The predicted octanol–water partition coefficient (Wildman–Crippen LogP) is 2.56. The van der Waals surface area contributed by atoms with Crippen LogP contribution in [0.1, 0.15) is 63.4 Å². The number of rotatable bonds is 5. The Bertz CT molecular complexity index is 869. The van der Waals surface area contributed by atoms with Gasteiger partial charge in [-0.05, 0) is 56.7 Å². The van der Waals surface area contributed by atoms with Gasteiger partial charge < -0.3 is 15.1 Å². The lowest BCUT2D eigenvalue weighted by Crippen LogP contribution is -2.56. The van der Waals surface area contributed by atoms with Crippen molar-refractivity contribution >= 4 is 11.8 Å². The van der Waals surface area contributed by atoms with Crippen LogP contribution in [-0.2, 0) is 16.1 Å². The fraction of sp³-hybridized carbons (Fsp3) is 0.731. The molecule has 7 nitrogen and oxygen atoms in total. The normalized spacial score (nSPS) is 28.3. The molecule has 1 aliphatic carbocycles. The summed E-state index contributed by atoms with van der Waals surface area (Å²) in [5, 5.41) is 3.31. The van der Waals surface area contributed by atoms with Crippen LogP contribution in [0.5, 0.6) is 0 Å². The van der Waals surface area contributed by atoms with Crippen LogP contribution in [0.4, 0.5) is 4.39 Å². The SMILES string of the molecule is CN(CC1CCCCC1)[C@H]1C[C@H]2C(=O)NC3(CCN(Cc4cncc(F)c4)CC3)CC(=O)N2C1. The standard InChI is InChI=1S/C26H38FN5O2/c1-30(16-19-5-3-2-4-6-19)22-12-23-25(34)29-26(13-24(33)32(23)18-22)7-9-31(10-8-26)17-20-11-21(27)15-28-14-20/h11,14-15,19,22-23H,2-10,12-13,16-18H2,1H3,(H,29,34)/t22-,23-/m0/s1. The summed E-state index contributed by atoms with van der Waals surface area (Å²) in [6.07, 6.45) is 12.1. The van der Waals surface area contributed by atoms with Gasteiger partial charge in [-0.3, -0.25) is 19.5 Å². The number of nitrogens with zero attached hydrogens (tertiary/aromatic N) is 4. The van der Waals surface area contributed by atoms with Gasteiger partial charge in [0, 0.05) is 45.0 Å². The van der Waals surface area contributed by atoms with Crippen molar-refractivity contribution in [3.63, 3.8) is 0 Å². The van der Waals surface area contributed by atoms with Crippen molar-refractivity contribution in [1.29, 1.82) is 0 Å². The number of hydrogen-bond acceptors (Lipinski definition) is 5. The molecule has 2 atom stereocenters. The van der Waals surface area contributed by atoms with Crippen molar-refractivity contribution in [3.05, 3.63) is 29.8 Å². The van der Waals surface area contributed by atoms with Crippen LogP contribution in [0.3, 0.4) is 0 Å². The molecule has 1 N–H and O–H groups in total. The maximum absolute atomic E-state index is 13.5. The number of hydrogen-bond donors (Lipinski definition) is 1. The van der Waals surface area contributed by atoms with Crippen LogP contribution in [0.2, 0.25) is 0 Å². The monoisotopic (exact) mass is 471 g/mol. The quantitative estimate of drug-likeness (QED) is 0.715. The Labute approximate surface area is 202 Å². The summed E-state index contributed by atoms with van der Waals surface area (Å²) < 4.78 is 13.5. The topological polar surface area (TPSA) is 68.8 Å². The second kappa shape index (κ2) is 9.90. The van der Waals surface area contributed by atoms with Gasteiger partial charge in [-0.1, -0.05) is 19.3 Å². The van der Waals surface area contributed by atoms with Gasteiger partial charge in [0.15, 0.2) is 0 Å². The van der Waals surface area contributed by atoms with E-state index in [2.05, 4.69) is 27.1 Å². The lowest BCUT2D eigenvalue weighted by Gasteiger charge is -2.41. The molecule has 34 heavy (non-hydrogen) atoms.